The van der Waals surface area contributed by atoms with E-state index in [-0.39, 0.29) is 5.56 Å². The van der Waals surface area contributed by atoms with Gasteiger partial charge in [-0.15, -0.1) is 0 Å². The van der Waals surface area contributed by atoms with Crippen molar-refractivity contribution in [3.63, 3.8) is 0 Å². The Balaban J connectivity index is 2.99. The number of carboxylic acid groups (broad SMARTS) is 1. The molecule has 0 saturated carbocycles. The maximum absolute atomic E-state index is 11.9. The number of amides is 1. The van der Waals surface area contributed by atoms with Crippen LogP contribution in [0, 0.1) is 0 Å². The molecule has 18 heavy (non-hydrogen) atoms. The number of aliphatic carboxylic acids is 1. The predicted octanol–water partition coefficient (Wildman–Crippen LogP) is 0.907. The van der Waals surface area contributed by atoms with E-state index in [0.29, 0.717) is 11.5 Å². The molecule has 0 fully saturated rings. The number of hydrogen-bond acceptors (Lipinski definition) is 4. The normalized spacial score (nSPS) is 11.5. The SMILES string of the molecule is COc1ccc(OC)c(C(=O)NC(C)C(=O)O)c1. The van der Waals surface area contributed by atoms with Gasteiger partial charge in [0.1, 0.15) is 17.5 Å². The Morgan fingerprint density at radius 3 is 2.44 bits per heavy atom. The summed E-state index contributed by atoms with van der Waals surface area (Å²) in [5.74, 6) is -0.791. The number of ether oxygens (including phenoxy) is 2. The number of benzene rings is 1. The summed E-state index contributed by atoms with van der Waals surface area (Å²) in [5, 5.41) is 11.1. The van der Waals surface area contributed by atoms with E-state index in [1.807, 2.05) is 0 Å². The van der Waals surface area contributed by atoms with Crippen LogP contribution in [0.25, 0.3) is 0 Å². The summed E-state index contributed by atoms with van der Waals surface area (Å²) >= 11 is 0. The fourth-order valence-electron chi connectivity index (χ4n) is 1.33. The first-order valence-electron chi connectivity index (χ1n) is 5.25. The molecule has 1 aromatic carbocycles. The van der Waals surface area contributed by atoms with Gasteiger partial charge in [-0.2, -0.15) is 0 Å². The van der Waals surface area contributed by atoms with E-state index >= 15 is 0 Å². The van der Waals surface area contributed by atoms with Gasteiger partial charge in [-0.05, 0) is 25.1 Å². The molecule has 0 aliphatic rings. The van der Waals surface area contributed by atoms with Crippen LogP contribution in [0.15, 0.2) is 18.2 Å². The van der Waals surface area contributed by atoms with Crippen LogP contribution in [-0.4, -0.2) is 37.2 Å². The van der Waals surface area contributed by atoms with Crippen molar-refractivity contribution in [2.45, 2.75) is 13.0 Å². The number of rotatable bonds is 5. The molecule has 0 spiro atoms. The van der Waals surface area contributed by atoms with E-state index in [2.05, 4.69) is 5.32 Å². The smallest absolute Gasteiger partial charge is 0.325 e. The van der Waals surface area contributed by atoms with Crippen molar-refractivity contribution >= 4 is 11.9 Å². The lowest BCUT2D eigenvalue weighted by Gasteiger charge is -2.12. The fraction of sp³-hybridized carbons (Fsp3) is 0.333. The molecule has 2 N–H and O–H groups in total. The molecule has 1 aromatic rings. The summed E-state index contributed by atoms with van der Waals surface area (Å²) in [5.41, 5.74) is 0.227. The van der Waals surface area contributed by atoms with Crippen LogP contribution in [0.3, 0.4) is 0 Å². The third-order valence-corrected chi connectivity index (χ3v) is 2.37. The largest absolute Gasteiger partial charge is 0.497 e. The minimum Gasteiger partial charge on any atom is -0.497 e. The maximum Gasteiger partial charge on any atom is 0.325 e. The zero-order valence-electron chi connectivity index (χ0n) is 10.4. The van der Waals surface area contributed by atoms with Gasteiger partial charge in [-0.25, -0.2) is 0 Å². The van der Waals surface area contributed by atoms with Crippen molar-refractivity contribution in [3.8, 4) is 11.5 Å². The molecule has 0 radical (unpaired) electrons. The van der Waals surface area contributed by atoms with Gasteiger partial charge in [0, 0.05) is 0 Å². The van der Waals surface area contributed by atoms with Gasteiger partial charge < -0.3 is 19.9 Å². The van der Waals surface area contributed by atoms with Crippen LogP contribution in [0.4, 0.5) is 0 Å². The Morgan fingerprint density at radius 2 is 1.94 bits per heavy atom. The van der Waals surface area contributed by atoms with Crippen molar-refractivity contribution < 1.29 is 24.2 Å². The van der Waals surface area contributed by atoms with Crippen LogP contribution in [0.5, 0.6) is 11.5 Å². The standard InChI is InChI=1S/C12H15NO5/c1-7(12(15)16)13-11(14)9-6-8(17-2)4-5-10(9)18-3/h4-7H,1-3H3,(H,13,14)(H,15,16). The highest BCUT2D eigenvalue weighted by molar-refractivity contribution is 5.99. The van der Waals surface area contributed by atoms with Gasteiger partial charge in [-0.1, -0.05) is 0 Å². The molecule has 6 heteroatoms. The molecule has 0 heterocycles. The van der Waals surface area contributed by atoms with Crippen LogP contribution < -0.4 is 14.8 Å². The Hall–Kier alpha value is -2.24. The van der Waals surface area contributed by atoms with E-state index in [9.17, 15) is 9.59 Å². The van der Waals surface area contributed by atoms with E-state index in [1.165, 1.54) is 27.2 Å². The van der Waals surface area contributed by atoms with Crippen LogP contribution in [-0.2, 0) is 4.79 Å². The van der Waals surface area contributed by atoms with Crippen LogP contribution in [0.2, 0.25) is 0 Å². The number of hydrogen-bond donors (Lipinski definition) is 2. The molecule has 98 valence electrons. The van der Waals surface area contributed by atoms with Crippen molar-refractivity contribution in [1.29, 1.82) is 0 Å². The first-order chi connectivity index (χ1) is 8.49. The molecule has 1 amide bonds. The van der Waals surface area contributed by atoms with Crippen LogP contribution in [0.1, 0.15) is 17.3 Å². The van der Waals surface area contributed by atoms with E-state index in [0.717, 1.165) is 0 Å². The quantitative estimate of drug-likeness (QED) is 0.814. The highest BCUT2D eigenvalue weighted by Crippen LogP contribution is 2.23. The van der Waals surface area contributed by atoms with E-state index < -0.39 is 17.9 Å². The van der Waals surface area contributed by atoms with Gasteiger partial charge in [-0.3, -0.25) is 9.59 Å². The second kappa shape index (κ2) is 5.90. The second-order valence-corrected chi connectivity index (χ2v) is 3.60. The lowest BCUT2D eigenvalue weighted by Crippen LogP contribution is -2.38. The molecule has 0 aliphatic heterocycles. The average Bonchev–Trinajstić information content (AvgIpc) is 2.37. The lowest BCUT2D eigenvalue weighted by atomic mass is 10.1. The monoisotopic (exact) mass is 253 g/mol. The van der Waals surface area contributed by atoms with Gasteiger partial charge in [0.25, 0.3) is 5.91 Å². The molecule has 1 atom stereocenters. The van der Waals surface area contributed by atoms with Gasteiger partial charge in [0.15, 0.2) is 0 Å². The highest BCUT2D eigenvalue weighted by Gasteiger charge is 2.18. The summed E-state index contributed by atoms with van der Waals surface area (Å²) < 4.78 is 10.0. The molecular formula is C12H15NO5. The predicted molar refractivity (Wildman–Crippen MR) is 64.1 cm³/mol. The van der Waals surface area contributed by atoms with Gasteiger partial charge in [0.05, 0.1) is 19.8 Å². The van der Waals surface area contributed by atoms with Crippen molar-refractivity contribution in [2.24, 2.45) is 0 Å². The average molecular weight is 253 g/mol. The summed E-state index contributed by atoms with van der Waals surface area (Å²) in [7, 11) is 2.91. The Bertz CT molecular complexity index is 458. The molecule has 0 bridgehead atoms. The Labute approximate surface area is 105 Å². The van der Waals surface area contributed by atoms with Crippen LogP contribution >= 0.6 is 0 Å². The third-order valence-electron chi connectivity index (χ3n) is 2.37. The summed E-state index contributed by atoms with van der Waals surface area (Å²) in [6.45, 7) is 1.38. The van der Waals surface area contributed by atoms with Gasteiger partial charge >= 0.3 is 5.97 Å². The molecule has 0 saturated heterocycles. The highest BCUT2D eigenvalue weighted by atomic mass is 16.5. The second-order valence-electron chi connectivity index (χ2n) is 3.60. The van der Waals surface area contributed by atoms with Crippen molar-refractivity contribution in [1.82, 2.24) is 5.32 Å². The molecular weight excluding hydrogens is 238 g/mol. The lowest BCUT2D eigenvalue weighted by molar-refractivity contribution is -0.138. The first kappa shape index (κ1) is 13.8. The fourth-order valence-corrected chi connectivity index (χ4v) is 1.33. The number of carbonyl (C=O) groups excluding carboxylic acids is 1. The van der Waals surface area contributed by atoms with E-state index in [4.69, 9.17) is 14.6 Å². The van der Waals surface area contributed by atoms with E-state index in [1.54, 1.807) is 12.1 Å². The zero-order valence-corrected chi connectivity index (χ0v) is 10.4. The zero-order chi connectivity index (χ0) is 13.7. The number of carboxylic acids is 1. The summed E-state index contributed by atoms with van der Waals surface area (Å²) in [6.07, 6.45) is 0. The summed E-state index contributed by atoms with van der Waals surface area (Å²) in [4.78, 5) is 22.6. The number of methoxy groups -OCH3 is 2. The molecule has 1 rings (SSSR count). The van der Waals surface area contributed by atoms with Crippen molar-refractivity contribution in [2.75, 3.05) is 14.2 Å². The first-order valence-corrected chi connectivity index (χ1v) is 5.25. The Morgan fingerprint density at radius 1 is 1.28 bits per heavy atom. The van der Waals surface area contributed by atoms with Crippen molar-refractivity contribution in [3.05, 3.63) is 23.8 Å². The molecule has 1 unspecified atom stereocenters. The molecule has 0 aromatic heterocycles. The maximum atomic E-state index is 11.9. The molecule has 6 nitrogen and oxygen atoms in total. The number of nitrogens with one attached hydrogen (secondary N) is 1. The summed E-state index contributed by atoms with van der Waals surface area (Å²) in [6, 6.07) is 3.74. The van der Waals surface area contributed by atoms with Gasteiger partial charge in [0.2, 0.25) is 0 Å². The minimum absolute atomic E-state index is 0.227. The third kappa shape index (κ3) is 3.13. The molecule has 0 aliphatic carbocycles. The minimum atomic E-state index is -1.11. The topological polar surface area (TPSA) is 84.9 Å². The number of carbonyl (C=O) groups is 2. The Kier molecular flexibility index (Phi) is 4.53.